The second kappa shape index (κ2) is 6.61. The van der Waals surface area contributed by atoms with Crippen LogP contribution in [0, 0.1) is 0 Å². The van der Waals surface area contributed by atoms with Crippen molar-refractivity contribution >= 4 is 0 Å². The largest absolute Gasteiger partial charge is 0.462 e. The zero-order chi connectivity index (χ0) is 11.1. The number of ether oxygens (including phenoxy) is 1. The van der Waals surface area contributed by atoms with E-state index in [1.54, 1.807) is 0 Å². The highest BCUT2D eigenvalue weighted by Gasteiger charge is 2.02. The molecule has 0 aliphatic carbocycles. The number of rotatable bonds is 7. The van der Waals surface area contributed by atoms with Crippen molar-refractivity contribution < 1.29 is 9.15 Å². The van der Waals surface area contributed by atoms with Crippen molar-refractivity contribution in [3.8, 4) is 0 Å². The van der Waals surface area contributed by atoms with E-state index in [4.69, 9.17) is 14.9 Å². The van der Waals surface area contributed by atoms with E-state index >= 15 is 0 Å². The molecule has 2 N–H and O–H groups in total. The van der Waals surface area contributed by atoms with Crippen LogP contribution in [0.2, 0.25) is 0 Å². The standard InChI is InChI=1S/C11H20N2O2/c1-13(2)8-10-4-5-11(15-10)9-14-7-3-6-12/h4-5H,3,6-9,12H2,1-2H3. The van der Waals surface area contributed by atoms with Gasteiger partial charge in [0, 0.05) is 6.61 Å². The average Bonchev–Trinajstić information content (AvgIpc) is 2.59. The van der Waals surface area contributed by atoms with Crippen molar-refractivity contribution in [3.05, 3.63) is 23.7 Å². The molecule has 0 spiro atoms. The van der Waals surface area contributed by atoms with Crippen molar-refractivity contribution in [3.63, 3.8) is 0 Å². The Bertz CT molecular complexity index is 271. The smallest absolute Gasteiger partial charge is 0.129 e. The summed E-state index contributed by atoms with van der Waals surface area (Å²) in [5.41, 5.74) is 5.36. The third-order valence-corrected chi connectivity index (χ3v) is 1.93. The maximum Gasteiger partial charge on any atom is 0.129 e. The Hall–Kier alpha value is -0.840. The van der Waals surface area contributed by atoms with E-state index in [1.807, 2.05) is 26.2 Å². The van der Waals surface area contributed by atoms with Gasteiger partial charge in [-0.05, 0) is 39.2 Å². The molecule has 0 fully saturated rings. The summed E-state index contributed by atoms with van der Waals surface area (Å²) in [6, 6.07) is 3.95. The number of furan rings is 1. The molecule has 0 atom stereocenters. The predicted octanol–water partition coefficient (Wildman–Crippen LogP) is 1.21. The van der Waals surface area contributed by atoms with Crippen LogP contribution in [-0.2, 0) is 17.9 Å². The molecule has 4 nitrogen and oxygen atoms in total. The van der Waals surface area contributed by atoms with E-state index in [2.05, 4.69) is 4.90 Å². The highest BCUT2D eigenvalue weighted by Crippen LogP contribution is 2.10. The van der Waals surface area contributed by atoms with Gasteiger partial charge in [0.05, 0.1) is 6.54 Å². The van der Waals surface area contributed by atoms with Gasteiger partial charge in [-0.15, -0.1) is 0 Å². The molecule has 0 aliphatic heterocycles. The highest BCUT2D eigenvalue weighted by molar-refractivity contribution is 5.06. The van der Waals surface area contributed by atoms with Crippen LogP contribution < -0.4 is 5.73 Å². The first kappa shape index (κ1) is 12.2. The number of nitrogens with zero attached hydrogens (tertiary/aromatic N) is 1. The van der Waals surface area contributed by atoms with Gasteiger partial charge < -0.3 is 19.8 Å². The summed E-state index contributed by atoms with van der Waals surface area (Å²) >= 11 is 0. The summed E-state index contributed by atoms with van der Waals surface area (Å²) in [4.78, 5) is 2.07. The minimum absolute atomic E-state index is 0.535. The minimum Gasteiger partial charge on any atom is -0.462 e. The van der Waals surface area contributed by atoms with Crippen molar-refractivity contribution in [1.29, 1.82) is 0 Å². The lowest BCUT2D eigenvalue weighted by Crippen LogP contribution is -2.09. The van der Waals surface area contributed by atoms with Crippen molar-refractivity contribution in [2.75, 3.05) is 27.2 Å². The molecule has 1 heterocycles. The van der Waals surface area contributed by atoms with Crippen LogP contribution in [0.4, 0.5) is 0 Å². The Kier molecular flexibility index (Phi) is 5.39. The van der Waals surface area contributed by atoms with Crippen LogP contribution >= 0.6 is 0 Å². The predicted molar refractivity (Wildman–Crippen MR) is 59.4 cm³/mol. The first-order valence-electron chi connectivity index (χ1n) is 5.22. The number of nitrogens with two attached hydrogens (primary N) is 1. The van der Waals surface area contributed by atoms with Gasteiger partial charge in [0.15, 0.2) is 0 Å². The summed E-state index contributed by atoms with van der Waals surface area (Å²) in [6.45, 7) is 2.72. The first-order valence-corrected chi connectivity index (χ1v) is 5.22. The van der Waals surface area contributed by atoms with Crippen molar-refractivity contribution in [2.24, 2.45) is 5.73 Å². The lowest BCUT2D eigenvalue weighted by atomic mass is 10.4. The zero-order valence-corrected chi connectivity index (χ0v) is 9.53. The fraction of sp³-hybridized carbons (Fsp3) is 0.636. The molecular formula is C11H20N2O2. The summed E-state index contributed by atoms with van der Waals surface area (Å²) in [5.74, 6) is 1.85. The molecule has 0 bridgehead atoms. The van der Waals surface area contributed by atoms with E-state index in [0.29, 0.717) is 19.8 Å². The van der Waals surface area contributed by atoms with Crippen LogP contribution in [0.1, 0.15) is 17.9 Å². The van der Waals surface area contributed by atoms with Gasteiger partial charge in [0.2, 0.25) is 0 Å². The first-order chi connectivity index (χ1) is 7.22. The van der Waals surface area contributed by atoms with Crippen LogP contribution in [0.3, 0.4) is 0 Å². The summed E-state index contributed by atoms with van der Waals surface area (Å²) in [7, 11) is 4.03. The average molecular weight is 212 g/mol. The lowest BCUT2D eigenvalue weighted by molar-refractivity contribution is 0.104. The molecule has 0 saturated carbocycles. The summed E-state index contributed by atoms with van der Waals surface area (Å²) in [6.07, 6.45) is 0.894. The van der Waals surface area contributed by atoms with Gasteiger partial charge in [-0.25, -0.2) is 0 Å². The molecule has 0 aliphatic rings. The maximum atomic E-state index is 5.58. The minimum atomic E-state index is 0.535. The van der Waals surface area contributed by atoms with E-state index < -0.39 is 0 Å². The molecule has 0 aromatic carbocycles. The molecule has 86 valence electrons. The fourth-order valence-electron chi connectivity index (χ4n) is 1.25. The number of hydrogen-bond donors (Lipinski definition) is 1. The second-order valence-electron chi connectivity index (χ2n) is 3.80. The normalized spacial score (nSPS) is 11.2. The van der Waals surface area contributed by atoms with Gasteiger partial charge >= 0.3 is 0 Å². The molecule has 0 amide bonds. The van der Waals surface area contributed by atoms with Crippen LogP contribution in [0.15, 0.2) is 16.5 Å². The Morgan fingerprint density at radius 1 is 1.33 bits per heavy atom. The molecule has 0 saturated heterocycles. The topological polar surface area (TPSA) is 51.6 Å². The van der Waals surface area contributed by atoms with Crippen LogP contribution in [-0.4, -0.2) is 32.1 Å². The molecule has 15 heavy (non-hydrogen) atoms. The van der Waals surface area contributed by atoms with Gasteiger partial charge in [0.25, 0.3) is 0 Å². The zero-order valence-electron chi connectivity index (χ0n) is 9.53. The summed E-state index contributed by atoms with van der Waals surface area (Å²) in [5, 5.41) is 0. The van der Waals surface area contributed by atoms with Crippen molar-refractivity contribution in [1.82, 2.24) is 4.90 Å². The van der Waals surface area contributed by atoms with Gasteiger partial charge in [-0.2, -0.15) is 0 Å². The van der Waals surface area contributed by atoms with Gasteiger partial charge in [0.1, 0.15) is 18.1 Å². The van der Waals surface area contributed by atoms with Gasteiger partial charge in [-0.3, -0.25) is 0 Å². The van der Waals surface area contributed by atoms with Crippen molar-refractivity contribution in [2.45, 2.75) is 19.6 Å². The third-order valence-electron chi connectivity index (χ3n) is 1.93. The number of hydrogen-bond acceptors (Lipinski definition) is 4. The Morgan fingerprint density at radius 3 is 2.73 bits per heavy atom. The monoisotopic (exact) mass is 212 g/mol. The molecule has 0 unspecified atom stereocenters. The molecule has 1 aromatic heterocycles. The molecule has 1 rings (SSSR count). The van der Waals surface area contributed by atoms with E-state index in [9.17, 15) is 0 Å². The highest BCUT2D eigenvalue weighted by atomic mass is 16.5. The van der Waals surface area contributed by atoms with E-state index in [-0.39, 0.29) is 0 Å². The SMILES string of the molecule is CN(C)Cc1ccc(COCCCN)o1. The third kappa shape index (κ3) is 4.97. The lowest BCUT2D eigenvalue weighted by Gasteiger charge is -2.05. The Labute approximate surface area is 91.0 Å². The van der Waals surface area contributed by atoms with E-state index in [0.717, 1.165) is 24.5 Å². The maximum absolute atomic E-state index is 5.58. The fourth-order valence-corrected chi connectivity index (χ4v) is 1.25. The Morgan fingerprint density at radius 2 is 2.07 bits per heavy atom. The van der Waals surface area contributed by atoms with Gasteiger partial charge in [-0.1, -0.05) is 0 Å². The molecule has 4 heteroatoms. The summed E-state index contributed by atoms with van der Waals surface area (Å²) < 4.78 is 11.0. The van der Waals surface area contributed by atoms with E-state index in [1.165, 1.54) is 0 Å². The van der Waals surface area contributed by atoms with Crippen LogP contribution in [0.5, 0.6) is 0 Å². The quantitative estimate of drug-likeness (QED) is 0.690. The Balaban J connectivity index is 2.26. The van der Waals surface area contributed by atoms with Crippen LogP contribution in [0.25, 0.3) is 0 Å². The molecule has 0 radical (unpaired) electrons. The molecule has 1 aromatic rings. The second-order valence-corrected chi connectivity index (χ2v) is 3.80. The molecular weight excluding hydrogens is 192 g/mol.